The van der Waals surface area contributed by atoms with Gasteiger partial charge in [0.2, 0.25) is 0 Å². The number of rotatable bonds is 1. The van der Waals surface area contributed by atoms with Crippen molar-refractivity contribution in [2.45, 2.75) is 6.04 Å². The van der Waals surface area contributed by atoms with Gasteiger partial charge < -0.3 is 4.90 Å². The summed E-state index contributed by atoms with van der Waals surface area (Å²) in [6.45, 7) is 0. The summed E-state index contributed by atoms with van der Waals surface area (Å²) in [6.07, 6.45) is 0. The van der Waals surface area contributed by atoms with Gasteiger partial charge in [0, 0.05) is 5.75 Å². The Bertz CT molecular complexity index is 427. The molecule has 0 bridgehead atoms. The maximum atomic E-state index is 12.2. The molecule has 2 aliphatic rings. The number of amides is 1. The highest BCUT2D eigenvalue weighted by atomic mass is 32.2. The van der Waals surface area contributed by atoms with Crippen LogP contribution in [0.1, 0.15) is 0 Å². The van der Waals surface area contributed by atoms with E-state index in [1.54, 1.807) is 16.7 Å². The highest BCUT2D eigenvalue weighted by Gasteiger charge is 2.45. The second-order valence-corrected chi connectivity index (χ2v) is 5.14. The second-order valence-electron chi connectivity index (χ2n) is 3.78. The molecule has 2 heterocycles. The van der Waals surface area contributed by atoms with Gasteiger partial charge in [-0.05, 0) is 24.4 Å². The van der Waals surface area contributed by atoms with E-state index in [-0.39, 0.29) is 11.9 Å². The third-order valence-corrected chi connectivity index (χ3v) is 4.27. The molecule has 2 fully saturated rings. The first-order valence-corrected chi connectivity index (χ1v) is 6.63. The Kier molecular flexibility index (Phi) is 2.37. The van der Waals surface area contributed by atoms with Crippen molar-refractivity contribution in [3.63, 3.8) is 0 Å². The van der Waals surface area contributed by atoms with Gasteiger partial charge in [-0.1, -0.05) is 18.2 Å². The first-order chi connectivity index (χ1) is 7.79. The lowest BCUT2D eigenvalue weighted by molar-refractivity contribution is -0.118. The Balaban J connectivity index is 1.98. The summed E-state index contributed by atoms with van der Waals surface area (Å²) < 4.78 is 0. The van der Waals surface area contributed by atoms with Crippen molar-refractivity contribution in [1.29, 1.82) is 0 Å². The van der Waals surface area contributed by atoms with Gasteiger partial charge in [-0.2, -0.15) is 0 Å². The molecule has 1 amide bonds. The summed E-state index contributed by atoms with van der Waals surface area (Å²) in [5, 5.41) is 0.645. The van der Waals surface area contributed by atoms with E-state index in [1.807, 2.05) is 35.2 Å². The first kappa shape index (κ1) is 10.1. The van der Waals surface area contributed by atoms with Crippen LogP contribution in [0, 0.1) is 0 Å². The molecule has 2 saturated heterocycles. The van der Waals surface area contributed by atoms with Crippen LogP contribution in [-0.4, -0.2) is 33.6 Å². The van der Waals surface area contributed by atoms with Crippen LogP contribution in [0.25, 0.3) is 0 Å². The van der Waals surface area contributed by atoms with Crippen molar-refractivity contribution in [1.82, 2.24) is 4.90 Å². The summed E-state index contributed by atoms with van der Waals surface area (Å²) in [6, 6.07) is 9.56. The molecular weight excluding hydrogens is 240 g/mol. The topological polar surface area (TPSA) is 23.6 Å². The van der Waals surface area contributed by atoms with Crippen LogP contribution in [-0.2, 0) is 4.79 Å². The molecule has 0 aliphatic carbocycles. The van der Waals surface area contributed by atoms with Gasteiger partial charge >= 0.3 is 0 Å². The number of thiocarbonyl (C=S) groups is 1. The largest absolute Gasteiger partial charge is 0.326 e. The van der Waals surface area contributed by atoms with E-state index in [0.29, 0.717) is 5.11 Å². The van der Waals surface area contributed by atoms with E-state index in [1.165, 1.54) is 0 Å². The summed E-state index contributed by atoms with van der Waals surface area (Å²) in [5.74, 6) is 1.79. The van der Waals surface area contributed by atoms with Crippen molar-refractivity contribution in [2.24, 2.45) is 0 Å². The molecule has 0 radical (unpaired) electrons. The fourth-order valence-corrected chi connectivity index (χ4v) is 3.64. The summed E-state index contributed by atoms with van der Waals surface area (Å²) in [4.78, 5) is 15.8. The molecule has 3 nitrogen and oxygen atoms in total. The minimum absolute atomic E-state index is 0.0438. The molecule has 1 atom stereocenters. The first-order valence-electron chi connectivity index (χ1n) is 5.06. The van der Waals surface area contributed by atoms with Crippen LogP contribution in [0.2, 0.25) is 0 Å². The zero-order valence-electron chi connectivity index (χ0n) is 8.50. The minimum Gasteiger partial charge on any atom is -0.326 e. The van der Waals surface area contributed by atoms with Crippen molar-refractivity contribution in [3.8, 4) is 0 Å². The molecule has 0 spiro atoms. The second kappa shape index (κ2) is 3.75. The molecule has 0 N–H and O–H groups in total. The number of thioether (sulfide) groups is 1. The number of anilines is 1. The van der Waals surface area contributed by atoms with Gasteiger partial charge in [0.1, 0.15) is 6.04 Å². The molecule has 3 rings (SSSR count). The number of hydrogen-bond donors (Lipinski definition) is 0. The third kappa shape index (κ3) is 1.35. The number of carbonyl (C=O) groups is 1. The van der Waals surface area contributed by atoms with Gasteiger partial charge in [0.05, 0.1) is 11.6 Å². The highest BCUT2D eigenvalue weighted by Crippen LogP contribution is 2.32. The summed E-state index contributed by atoms with van der Waals surface area (Å²) >= 11 is 7.12. The number of carbonyl (C=O) groups excluding carboxylic acids is 1. The summed E-state index contributed by atoms with van der Waals surface area (Å²) in [5.41, 5.74) is 0.872. The lowest BCUT2D eigenvalue weighted by Gasteiger charge is -2.18. The SMILES string of the molecule is O=C1[C@H]2CSCN2C(=S)N1c1ccccc1. The number of hydrogen-bond acceptors (Lipinski definition) is 3. The van der Waals surface area contributed by atoms with Crippen LogP contribution >= 0.6 is 24.0 Å². The van der Waals surface area contributed by atoms with Gasteiger partial charge in [0.25, 0.3) is 5.91 Å². The maximum Gasteiger partial charge on any atom is 0.256 e. The number of benzene rings is 1. The maximum absolute atomic E-state index is 12.2. The molecule has 0 saturated carbocycles. The molecule has 1 aromatic carbocycles. The molecule has 0 unspecified atom stereocenters. The van der Waals surface area contributed by atoms with Crippen molar-refractivity contribution >= 4 is 40.7 Å². The molecule has 0 aromatic heterocycles. The van der Waals surface area contributed by atoms with Crippen LogP contribution < -0.4 is 4.90 Å². The predicted molar refractivity (Wildman–Crippen MR) is 69.5 cm³/mol. The third-order valence-electron chi connectivity index (χ3n) is 2.84. The van der Waals surface area contributed by atoms with E-state index in [9.17, 15) is 4.79 Å². The Morgan fingerprint density at radius 3 is 2.75 bits per heavy atom. The normalized spacial score (nSPS) is 24.1. The van der Waals surface area contributed by atoms with Crippen molar-refractivity contribution in [3.05, 3.63) is 30.3 Å². The van der Waals surface area contributed by atoms with Crippen LogP contribution in [0.15, 0.2) is 30.3 Å². The molecule has 2 aliphatic heterocycles. The molecule has 82 valence electrons. The van der Waals surface area contributed by atoms with Crippen molar-refractivity contribution < 1.29 is 4.79 Å². The zero-order chi connectivity index (χ0) is 11.1. The molecule has 1 aromatic rings. The van der Waals surface area contributed by atoms with Gasteiger partial charge in [0.15, 0.2) is 5.11 Å². The Morgan fingerprint density at radius 2 is 2.06 bits per heavy atom. The van der Waals surface area contributed by atoms with E-state index in [2.05, 4.69) is 0 Å². The van der Waals surface area contributed by atoms with Crippen molar-refractivity contribution in [2.75, 3.05) is 16.5 Å². The van der Waals surface area contributed by atoms with E-state index < -0.39 is 0 Å². The van der Waals surface area contributed by atoms with E-state index in [0.717, 1.165) is 17.3 Å². The molecule has 16 heavy (non-hydrogen) atoms. The Morgan fingerprint density at radius 1 is 1.31 bits per heavy atom. The lowest BCUT2D eigenvalue weighted by atomic mass is 10.2. The summed E-state index contributed by atoms with van der Waals surface area (Å²) in [7, 11) is 0. The van der Waals surface area contributed by atoms with Gasteiger partial charge in [-0.3, -0.25) is 9.69 Å². The molecule has 5 heteroatoms. The van der Waals surface area contributed by atoms with Crippen LogP contribution in [0.4, 0.5) is 5.69 Å². The fourth-order valence-electron chi connectivity index (χ4n) is 2.02. The van der Waals surface area contributed by atoms with E-state index >= 15 is 0 Å². The average molecular weight is 250 g/mol. The van der Waals surface area contributed by atoms with Crippen LogP contribution in [0.3, 0.4) is 0 Å². The lowest BCUT2D eigenvalue weighted by Crippen LogP contribution is -2.32. The predicted octanol–water partition coefficient (Wildman–Crippen LogP) is 1.69. The fraction of sp³-hybridized carbons (Fsp3) is 0.273. The smallest absolute Gasteiger partial charge is 0.256 e. The number of fused-ring (bicyclic) bond motifs is 1. The average Bonchev–Trinajstić information content (AvgIpc) is 2.86. The number of para-hydroxylation sites is 1. The number of nitrogens with zero attached hydrogens (tertiary/aromatic N) is 2. The zero-order valence-corrected chi connectivity index (χ0v) is 10.1. The highest BCUT2D eigenvalue weighted by molar-refractivity contribution is 7.99. The standard InChI is InChI=1S/C11H10N2OS2/c14-10-9-6-16-7-12(9)11(15)13(10)8-4-2-1-3-5-8/h1-5,9H,6-7H2/t9-/m1/s1. The monoisotopic (exact) mass is 250 g/mol. The van der Waals surface area contributed by atoms with Gasteiger partial charge in [-0.15, -0.1) is 11.8 Å². The van der Waals surface area contributed by atoms with Gasteiger partial charge in [-0.25, -0.2) is 0 Å². The molecular formula is C11H10N2OS2. The Hall–Kier alpha value is -1.07. The minimum atomic E-state index is -0.0438. The van der Waals surface area contributed by atoms with Crippen LogP contribution in [0.5, 0.6) is 0 Å². The van der Waals surface area contributed by atoms with E-state index in [4.69, 9.17) is 12.2 Å². The Labute approximate surface area is 103 Å². The quantitative estimate of drug-likeness (QED) is 0.708.